The van der Waals surface area contributed by atoms with Gasteiger partial charge in [-0.3, -0.25) is 0 Å². The Bertz CT molecular complexity index is 384. The number of halogens is 3. The molecule has 1 rings (SSSR count). The molecule has 1 aromatic heterocycles. The van der Waals surface area contributed by atoms with Crippen molar-refractivity contribution in [2.45, 2.75) is 6.43 Å². The standard InChI is InChI=1S/C7H5F2IN2O2/c8-5(9)4-3(10)1-2(7(13)14)6(11)12-4/h1,5H,(H2,11,12)(H,13,14). The highest BCUT2D eigenvalue weighted by atomic mass is 127. The molecule has 14 heavy (non-hydrogen) atoms. The molecule has 1 heterocycles. The highest BCUT2D eigenvalue weighted by Gasteiger charge is 2.18. The molecule has 3 N–H and O–H groups in total. The van der Waals surface area contributed by atoms with Gasteiger partial charge in [0, 0.05) is 3.57 Å². The first kappa shape index (κ1) is 11.1. The predicted molar refractivity (Wildman–Crippen MR) is 53.3 cm³/mol. The maximum absolute atomic E-state index is 12.3. The zero-order valence-corrected chi connectivity index (χ0v) is 8.83. The van der Waals surface area contributed by atoms with Crippen molar-refractivity contribution in [2.24, 2.45) is 0 Å². The number of pyridine rings is 1. The fourth-order valence-corrected chi connectivity index (χ4v) is 1.51. The Morgan fingerprint density at radius 2 is 2.21 bits per heavy atom. The zero-order chi connectivity index (χ0) is 10.9. The number of carboxylic acid groups (broad SMARTS) is 1. The van der Waals surface area contributed by atoms with Crippen LogP contribution in [0.25, 0.3) is 0 Å². The highest BCUT2D eigenvalue weighted by Crippen LogP contribution is 2.25. The van der Waals surface area contributed by atoms with Gasteiger partial charge in [0.15, 0.2) is 0 Å². The Hall–Kier alpha value is -0.990. The van der Waals surface area contributed by atoms with E-state index in [1.54, 1.807) is 22.6 Å². The van der Waals surface area contributed by atoms with E-state index >= 15 is 0 Å². The largest absolute Gasteiger partial charge is 0.478 e. The molecule has 0 aromatic carbocycles. The van der Waals surface area contributed by atoms with Gasteiger partial charge in [0.25, 0.3) is 6.43 Å². The van der Waals surface area contributed by atoms with Crippen LogP contribution >= 0.6 is 22.6 Å². The Kier molecular flexibility index (Phi) is 3.19. The van der Waals surface area contributed by atoms with Gasteiger partial charge in [-0.05, 0) is 28.7 Å². The van der Waals surface area contributed by atoms with E-state index in [9.17, 15) is 13.6 Å². The van der Waals surface area contributed by atoms with Crippen LogP contribution in [0.2, 0.25) is 0 Å². The summed E-state index contributed by atoms with van der Waals surface area (Å²) in [6.45, 7) is 0. The monoisotopic (exact) mass is 314 g/mol. The Labute approximate surface area is 91.3 Å². The summed E-state index contributed by atoms with van der Waals surface area (Å²) in [6.07, 6.45) is -2.76. The third kappa shape index (κ3) is 2.08. The lowest BCUT2D eigenvalue weighted by Crippen LogP contribution is -2.08. The minimum absolute atomic E-state index is 0.0872. The van der Waals surface area contributed by atoms with Crippen LogP contribution in [-0.2, 0) is 0 Å². The second-order valence-electron chi connectivity index (χ2n) is 2.39. The van der Waals surface area contributed by atoms with Gasteiger partial charge in [0.1, 0.15) is 17.1 Å². The van der Waals surface area contributed by atoms with Crippen molar-refractivity contribution in [3.8, 4) is 0 Å². The number of rotatable bonds is 2. The van der Waals surface area contributed by atoms with Crippen LogP contribution in [0.3, 0.4) is 0 Å². The van der Waals surface area contributed by atoms with Gasteiger partial charge >= 0.3 is 5.97 Å². The van der Waals surface area contributed by atoms with E-state index < -0.39 is 23.9 Å². The molecule has 0 saturated heterocycles. The Balaban J connectivity index is 3.31. The highest BCUT2D eigenvalue weighted by molar-refractivity contribution is 14.1. The number of hydrogen-bond acceptors (Lipinski definition) is 3. The van der Waals surface area contributed by atoms with E-state index in [2.05, 4.69) is 4.98 Å². The molecule has 4 nitrogen and oxygen atoms in total. The van der Waals surface area contributed by atoms with Crippen LogP contribution in [0.1, 0.15) is 22.5 Å². The molecule has 0 fully saturated rings. The SMILES string of the molecule is Nc1nc(C(F)F)c(I)cc1C(=O)O. The summed E-state index contributed by atoms with van der Waals surface area (Å²) < 4.78 is 24.6. The van der Waals surface area contributed by atoms with Crippen molar-refractivity contribution in [3.05, 3.63) is 20.9 Å². The van der Waals surface area contributed by atoms with Gasteiger partial charge in [-0.15, -0.1) is 0 Å². The second-order valence-corrected chi connectivity index (χ2v) is 3.56. The van der Waals surface area contributed by atoms with Crippen molar-refractivity contribution in [3.63, 3.8) is 0 Å². The number of nitrogens with zero attached hydrogens (tertiary/aromatic N) is 1. The van der Waals surface area contributed by atoms with Crippen molar-refractivity contribution < 1.29 is 18.7 Å². The summed E-state index contributed by atoms with van der Waals surface area (Å²) in [5.74, 6) is -1.68. The maximum atomic E-state index is 12.3. The van der Waals surface area contributed by atoms with Crippen LogP contribution in [0.5, 0.6) is 0 Å². The molecule has 0 saturated carbocycles. The van der Waals surface area contributed by atoms with Gasteiger partial charge in [-0.1, -0.05) is 0 Å². The number of nitrogen functional groups attached to an aromatic ring is 1. The topological polar surface area (TPSA) is 76.2 Å². The van der Waals surface area contributed by atoms with Gasteiger partial charge in [0.2, 0.25) is 0 Å². The lowest BCUT2D eigenvalue weighted by atomic mass is 10.2. The van der Waals surface area contributed by atoms with Crippen LogP contribution in [-0.4, -0.2) is 16.1 Å². The molecule has 0 aliphatic carbocycles. The fraction of sp³-hybridized carbons (Fsp3) is 0.143. The average Bonchev–Trinajstić information content (AvgIpc) is 2.07. The predicted octanol–water partition coefficient (Wildman–Crippen LogP) is 1.90. The number of aromatic carboxylic acids is 1. The van der Waals surface area contributed by atoms with E-state index in [4.69, 9.17) is 10.8 Å². The molecule has 0 amide bonds. The van der Waals surface area contributed by atoms with Gasteiger partial charge < -0.3 is 10.8 Å². The summed E-state index contributed by atoms with van der Waals surface area (Å²) in [4.78, 5) is 13.9. The van der Waals surface area contributed by atoms with Crippen molar-refractivity contribution in [1.82, 2.24) is 4.98 Å². The number of carbonyl (C=O) groups is 1. The molecule has 0 aliphatic heterocycles. The van der Waals surface area contributed by atoms with Crippen LogP contribution in [0.4, 0.5) is 14.6 Å². The number of alkyl halides is 2. The van der Waals surface area contributed by atoms with Crippen molar-refractivity contribution in [2.75, 3.05) is 5.73 Å². The fourth-order valence-electron chi connectivity index (χ4n) is 0.842. The molecule has 0 aliphatic rings. The Morgan fingerprint density at radius 3 is 2.64 bits per heavy atom. The first-order valence-electron chi connectivity index (χ1n) is 3.41. The van der Waals surface area contributed by atoms with Gasteiger partial charge in [-0.25, -0.2) is 18.6 Å². The molecule has 7 heteroatoms. The molecule has 0 unspecified atom stereocenters. The van der Waals surface area contributed by atoms with E-state index in [-0.39, 0.29) is 9.13 Å². The number of aromatic nitrogens is 1. The average molecular weight is 314 g/mol. The molecule has 76 valence electrons. The summed E-state index contributed by atoms with van der Waals surface area (Å²) in [7, 11) is 0. The lowest BCUT2D eigenvalue weighted by molar-refractivity contribution is 0.0697. The number of nitrogens with two attached hydrogens (primary N) is 1. The zero-order valence-electron chi connectivity index (χ0n) is 6.67. The van der Waals surface area contributed by atoms with E-state index in [1.807, 2.05) is 0 Å². The molecule has 0 bridgehead atoms. The number of hydrogen-bond donors (Lipinski definition) is 2. The number of anilines is 1. The first-order chi connectivity index (χ1) is 6.43. The second kappa shape index (κ2) is 4.03. The molecular weight excluding hydrogens is 309 g/mol. The van der Waals surface area contributed by atoms with Gasteiger partial charge in [-0.2, -0.15) is 0 Å². The van der Waals surface area contributed by atoms with E-state index in [1.165, 1.54) is 0 Å². The Morgan fingerprint density at radius 1 is 1.64 bits per heavy atom. The van der Waals surface area contributed by atoms with Crippen molar-refractivity contribution >= 4 is 34.4 Å². The van der Waals surface area contributed by atoms with Crippen molar-refractivity contribution in [1.29, 1.82) is 0 Å². The molecule has 0 atom stereocenters. The van der Waals surface area contributed by atoms with E-state index in [0.29, 0.717) is 0 Å². The van der Waals surface area contributed by atoms with Crippen LogP contribution in [0, 0.1) is 3.57 Å². The van der Waals surface area contributed by atoms with E-state index in [0.717, 1.165) is 6.07 Å². The third-order valence-electron chi connectivity index (χ3n) is 1.47. The minimum Gasteiger partial charge on any atom is -0.478 e. The smallest absolute Gasteiger partial charge is 0.339 e. The molecule has 0 spiro atoms. The van der Waals surface area contributed by atoms with Crippen LogP contribution in [0.15, 0.2) is 6.07 Å². The first-order valence-corrected chi connectivity index (χ1v) is 4.48. The molecule has 1 aromatic rings. The molecular formula is C7H5F2IN2O2. The molecule has 0 radical (unpaired) electrons. The summed E-state index contributed by atoms with van der Waals surface area (Å²) in [5, 5.41) is 8.61. The third-order valence-corrected chi connectivity index (χ3v) is 2.33. The normalized spacial score (nSPS) is 10.6. The summed E-state index contributed by atoms with van der Waals surface area (Å²) in [6, 6.07) is 1.08. The quantitative estimate of drug-likeness (QED) is 0.818. The minimum atomic E-state index is -2.76. The number of carboxylic acids is 1. The lowest BCUT2D eigenvalue weighted by Gasteiger charge is -2.05. The van der Waals surface area contributed by atoms with Gasteiger partial charge in [0.05, 0.1) is 0 Å². The summed E-state index contributed by atoms with van der Waals surface area (Å²) >= 11 is 1.59. The van der Waals surface area contributed by atoms with Crippen LogP contribution < -0.4 is 5.73 Å². The maximum Gasteiger partial charge on any atom is 0.339 e. The summed E-state index contributed by atoms with van der Waals surface area (Å²) in [5.41, 5.74) is 4.44.